The molecule has 0 nitrogen and oxygen atoms in total. The van der Waals surface area contributed by atoms with Crippen LogP contribution >= 0.6 is 11.6 Å². The van der Waals surface area contributed by atoms with Gasteiger partial charge in [0.05, 0.1) is 0 Å². The third kappa shape index (κ3) is 1.19. The molecule has 0 unspecified atom stereocenters. The molecular weight excluding hydrogens is 156 g/mol. The van der Waals surface area contributed by atoms with Gasteiger partial charge in [-0.15, -0.1) is 0 Å². The van der Waals surface area contributed by atoms with Crippen LogP contribution in [0.5, 0.6) is 0 Å². The molecule has 56 valence electrons. The first-order valence-electron chi connectivity index (χ1n) is 3.71. The van der Waals surface area contributed by atoms with Gasteiger partial charge >= 0.3 is 0 Å². The minimum atomic E-state index is 0.545. The molecule has 0 N–H and O–H groups in total. The SMILES string of the molecule is C=C1C[C@H]1c1ccccc1Cl. The van der Waals surface area contributed by atoms with Crippen LogP contribution in [0.3, 0.4) is 0 Å². The second kappa shape index (κ2) is 2.38. The van der Waals surface area contributed by atoms with Crippen molar-refractivity contribution in [3.05, 3.63) is 47.0 Å². The van der Waals surface area contributed by atoms with Crippen molar-refractivity contribution in [2.24, 2.45) is 0 Å². The average molecular weight is 165 g/mol. The van der Waals surface area contributed by atoms with Gasteiger partial charge in [0.1, 0.15) is 0 Å². The summed E-state index contributed by atoms with van der Waals surface area (Å²) >= 11 is 5.98. The molecule has 1 heteroatoms. The summed E-state index contributed by atoms with van der Waals surface area (Å²) in [5, 5.41) is 0.871. The third-order valence-corrected chi connectivity index (χ3v) is 2.42. The van der Waals surface area contributed by atoms with Crippen LogP contribution in [0, 0.1) is 0 Å². The molecule has 1 atom stereocenters. The Kier molecular flexibility index (Phi) is 1.50. The average Bonchev–Trinajstić information content (AvgIpc) is 2.68. The fourth-order valence-electron chi connectivity index (χ4n) is 1.29. The van der Waals surface area contributed by atoms with Crippen molar-refractivity contribution in [3.63, 3.8) is 0 Å². The zero-order chi connectivity index (χ0) is 7.84. The highest BCUT2D eigenvalue weighted by Gasteiger charge is 2.30. The molecular formula is C10H9Cl. The lowest BCUT2D eigenvalue weighted by Gasteiger charge is -1.98. The molecule has 0 aliphatic heterocycles. The van der Waals surface area contributed by atoms with Crippen molar-refractivity contribution >= 4 is 11.6 Å². The molecule has 0 radical (unpaired) electrons. The third-order valence-electron chi connectivity index (χ3n) is 2.08. The molecule has 1 aliphatic carbocycles. The van der Waals surface area contributed by atoms with Crippen molar-refractivity contribution in [2.45, 2.75) is 12.3 Å². The van der Waals surface area contributed by atoms with Gasteiger partial charge in [-0.3, -0.25) is 0 Å². The van der Waals surface area contributed by atoms with Crippen LogP contribution in [0.1, 0.15) is 17.9 Å². The molecule has 2 rings (SSSR count). The predicted octanol–water partition coefficient (Wildman–Crippen LogP) is 3.38. The lowest BCUT2D eigenvalue weighted by atomic mass is 10.1. The highest BCUT2D eigenvalue weighted by Crippen LogP contribution is 2.47. The highest BCUT2D eigenvalue weighted by molar-refractivity contribution is 6.31. The summed E-state index contributed by atoms with van der Waals surface area (Å²) in [5.74, 6) is 0.545. The predicted molar refractivity (Wildman–Crippen MR) is 48.0 cm³/mol. The molecule has 0 spiro atoms. The molecule has 0 heterocycles. The van der Waals surface area contributed by atoms with E-state index in [0.29, 0.717) is 5.92 Å². The van der Waals surface area contributed by atoms with Crippen LogP contribution in [0.4, 0.5) is 0 Å². The molecule has 11 heavy (non-hydrogen) atoms. The van der Waals surface area contributed by atoms with Crippen LogP contribution in [-0.4, -0.2) is 0 Å². The minimum Gasteiger partial charge on any atom is -0.0992 e. The number of allylic oxidation sites excluding steroid dienone is 1. The molecule has 0 aromatic heterocycles. The van der Waals surface area contributed by atoms with Gasteiger partial charge in [0.2, 0.25) is 0 Å². The number of rotatable bonds is 1. The number of hydrogen-bond acceptors (Lipinski definition) is 0. The largest absolute Gasteiger partial charge is 0.0992 e. The molecule has 1 aromatic carbocycles. The van der Waals surface area contributed by atoms with Gasteiger partial charge in [-0.25, -0.2) is 0 Å². The second-order valence-electron chi connectivity index (χ2n) is 2.94. The molecule has 1 aromatic rings. The normalized spacial score (nSPS) is 21.9. The van der Waals surface area contributed by atoms with Crippen molar-refractivity contribution in [2.75, 3.05) is 0 Å². The van der Waals surface area contributed by atoms with Crippen molar-refractivity contribution in [1.82, 2.24) is 0 Å². The molecule has 1 fully saturated rings. The number of benzene rings is 1. The maximum Gasteiger partial charge on any atom is 0.0444 e. The topological polar surface area (TPSA) is 0 Å². The summed E-state index contributed by atoms with van der Waals surface area (Å²) in [6.45, 7) is 3.91. The van der Waals surface area contributed by atoms with E-state index in [2.05, 4.69) is 12.6 Å². The first-order chi connectivity index (χ1) is 5.29. The van der Waals surface area contributed by atoms with Gasteiger partial charge in [-0.05, 0) is 18.1 Å². The van der Waals surface area contributed by atoms with Crippen LogP contribution < -0.4 is 0 Å². The van der Waals surface area contributed by atoms with Gasteiger partial charge < -0.3 is 0 Å². The van der Waals surface area contributed by atoms with Gasteiger partial charge in [0.15, 0.2) is 0 Å². The highest BCUT2D eigenvalue weighted by atomic mass is 35.5. The Balaban J connectivity index is 2.38. The van der Waals surface area contributed by atoms with Crippen molar-refractivity contribution in [1.29, 1.82) is 0 Å². The number of hydrogen-bond donors (Lipinski definition) is 0. The summed E-state index contributed by atoms with van der Waals surface area (Å²) in [7, 11) is 0. The first kappa shape index (κ1) is 6.93. The first-order valence-corrected chi connectivity index (χ1v) is 4.09. The Morgan fingerprint density at radius 1 is 1.36 bits per heavy atom. The van der Waals surface area contributed by atoms with E-state index in [1.165, 1.54) is 11.1 Å². The van der Waals surface area contributed by atoms with Crippen LogP contribution in [0.15, 0.2) is 36.4 Å². The quantitative estimate of drug-likeness (QED) is 0.559. The van der Waals surface area contributed by atoms with Crippen molar-refractivity contribution < 1.29 is 0 Å². The van der Waals surface area contributed by atoms with Gasteiger partial charge in [-0.2, -0.15) is 0 Å². The van der Waals surface area contributed by atoms with Crippen LogP contribution in [-0.2, 0) is 0 Å². The zero-order valence-electron chi connectivity index (χ0n) is 6.18. The van der Waals surface area contributed by atoms with Gasteiger partial charge in [0.25, 0.3) is 0 Å². The monoisotopic (exact) mass is 164 g/mol. The van der Waals surface area contributed by atoms with E-state index in [1.54, 1.807) is 0 Å². The lowest BCUT2D eigenvalue weighted by molar-refractivity contribution is 1.16. The maximum atomic E-state index is 5.98. The fraction of sp³-hybridized carbons (Fsp3) is 0.200. The van der Waals surface area contributed by atoms with Gasteiger partial charge in [-0.1, -0.05) is 42.0 Å². The fourth-order valence-corrected chi connectivity index (χ4v) is 1.56. The summed E-state index contributed by atoms with van der Waals surface area (Å²) in [6, 6.07) is 7.98. The van der Waals surface area contributed by atoms with Crippen molar-refractivity contribution in [3.8, 4) is 0 Å². The second-order valence-corrected chi connectivity index (χ2v) is 3.34. The Morgan fingerprint density at radius 3 is 2.55 bits per heavy atom. The van der Waals surface area contributed by atoms with E-state index in [1.807, 2.05) is 18.2 Å². The van der Waals surface area contributed by atoms with E-state index in [4.69, 9.17) is 11.6 Å². The number of halogens is 1. The molecule has 0 bridgehead atoms. The minimum absolute atomic E-state index is 0.545. The standard InChI is InChI=1S/C10H9Cl/c1-7-6-9(7)8-4-2-3-5-10(8)11/h2-5,9H,1,6H2/t9-/m1/s1. The maximum absolute atomic E-state index is 5.98. The van der Waals surface area contributed by atoms with E-state index < -0.39 is 0 Å². The molecule has 0 saturated heterocycles. The Morgan fingerprint density at radius 2 is 2.00 bits per heavy atom. The summed E-state index contributed by atoms with van der Waals surface area (Å²) in [6.07, 6.45) is 1.11. The van der Waals surface area contributed by atoms with Gasteiger partial charge in [0, 0.05) is 10.9 Å². The Bertz CT molecular complexity index is 301. The Hall–Kier alpha value is -0.750. The Labute approximate surface area is 71.5 Å². The van der Waals surface area contributed by atoms with Crippen LogP contribution in [0.25, 0.3) is 0 Å². The lowest BCUT2D eigenvalue weighted by Crippen LogP contribution is -1.78. The zero-order valence-corrected chi connectivity index (χ0v) is 6.93. The van der Waals surface area contributed by atoms with E-state index in [9.17, 15) is 0 Å². The smallest absolute Gasteiger partial charge is 0.0444 e. The summed E-state index contributed by atoms with van der Waals surface area (Å²) in [5.41, 5.74) is 2.54. The molecule has 0 amide bonds. The van der Waals surface area contributed by atoms with E-state index >= 15 is 0 Å². The van der Waals surface area contributed by atoms with E-state index in [0.717, 1.165) is 11.4 Å². The van der Waals surface area contributed by atoms with Crippen LogP contribution in [0.2, 0.25) is 5.02 Å². The molecule has 1 saturated carbocycles. The summed E-state index contributed by atoms with van der Waals surface area (Å²) < 4.78 is 0. The summed E-state index contributed by atoms with van der Waals surface area (Å²) in [4.78, 5) is 0. The van der Waals surface area contributed by atoms with E-state index in [-0.39, 0.29) is 0 Å². The molecule has 1 aliphatic rings.